The lowest BCUT2D eigenvalue weighted by molar-refractivity contribution is 0.283. The zero-order chi connectivity index (χ0) is 8.27. The summed E-state index contributed by atoms with van der Waals surface area (Å²) >= 11 is 0. The number of hydrogen-bond donors (Lipinski definition) is 3. The zero-order valence-corrected chi connectivity index (χ0v) is 5.86. The molecule has 0 spiro atoms. The Morgan fingerprint density at radius 3 is 2.09 bits per heavy atom. The number of fused-ring (bicyclic) bond motifs is 1. The van der Waals surface area contributed by atoms with Crippen molar-refractivity contribution in [2.24, 2.45) is 0 Å². The van der Waals surface area contributed by atoms with Crippen molar-refractivity contribution in [1.82, 2.24) is 0 Å². The second kappa shape index (κ2) is 3.53. The van der Waals surface area contributed by atoms with Crippen LogP contribution in [0.1, 0.15) is 5.56 Å². The van der Waals surface area contributed by atoms with Crippen LogP contribution in [0.5, 0.6) is 0 Å². The Bertz CT molecular complexity index is 249. The summed E-state index contributed by atoms with van der Waals surface area (Å²) in [5.41, 5.74) is 3.63. The fourth-order valence-electron chi connectivity index (χ4n) is 0.953. The van der Waals surface area contributed by atoms with Gasteiger partial charge in [0.2, 0.25) is 0 Å². The predicted octanol–water partition coefficient (Wildman–Crippen LogP) is -0.336. The Hall–Kier alpha value is -0.835. The average molecular weight is 151 g/mol. The summed E-state index contributed by atoms with van der Waals surface area (Å²) in [4.78, 5) is 0. The summed E-state index contributed by atoms with van der Waals surface area (Å²) in [5.74, 6) is 0. The van der Waals surface area contributed by atoms with Crippen LogP contribution in [0, 0.1) is 0 Å². The van der Waals surface area contributed by atoms with Gasteiger partial charge in [0.1, 0.15) is 0 Å². The van der Waals surface area contributed by atoms with Gasteiger partial charge in [-0.05, 0) is 22.8 Å². The van der Waals surface area contributed by atoms with E-state index in [4.69, 9.17) is 15.2 Å². The first-order valence-corrected chi connectivity index (χ1v) is 3.17. The molecule has 0 amide bonds. The van der Waals surface area contributed by atoms with Crippen molar-refractivity contribution in [2.45, 2.75) is 6.61 Å². The molecular weight excluding hydrogens is 143 g/mol. The first kappa shape index (κ1) is 8.26. The third-order valence-electron chi connectivity index (χ3n) is 1.51. The lowest BCUT2D eigenvalue weighted by Crippen LogP contribution is -1.75. The van der Waals surface area contributed by atoms with Crippen molar-refractivity contribution in [3.05, 3.63) is 23.8 Å². The van der Waals surface area contributed by atoms with E-state index < -0.39 is 0 Å². The summed E-state index contributed by atoms with van der Waals surface area (Å²) in [6.07, 6.45) is 0. The van der Waals surface area contributed by atoms with E-state index in [0.717, 1.165) is 5.56 Å². The maximum atomic E-state index is 8.62. The molecule has 1 radical (unpaired) electrons. The normalized spacial score (nSPS) is 9.73. The molecule has 2 aliphatic rings. The first-order valence-electron chi connectivity index (χ1n) is 3.17. The van der Waals surface area contributed by atoms with Gasteiger partial charge in [-0.1, -0.05) is 12.1 Å². The van der Waals surface area contributed by atoms with Crippen LogP contribution in [0.25, 0.3) is 11.1 Å². The van der Waals surface area contributed by atoms with Gasteiger partial charge in [0.15, 0.2) is 0 Å². The molecule has 3 N–H and O–H groups in total. The Morgan fingerprint density at radius 2 is 1.91 bits per heavy atom. The smallest absolute Gasteiger partial charge is 0.429 e. The summed E-state index contributed by atoms with van der Waals surface area (Å²) in [5, 5.41) is 22.6. The van der Waals surface area contributed by atoms with E-state index in [-0.39, 0.29) is 14.3 Å². The molecule has 0 unspecified atom stereocenters. The summed E-state index contributed by atoms with van der Waals surface area (Å²) in [7, 11) is 0. The van der Waals surface area contributed by atoms with E-state index in [1.807, 2.05) is 12.1 Å². The summed E-state index contributed by atoms with van der Waals surface area (Å²) in [6.45, 7) is 0.186. The molecule has 0 saturated carbocycles. The fourth-order valence-corrected chi connectivity index (χ4v) is 0.953. The molecule has 0 aromatic rings. The van der Waals surface area contributed by atoms with Crippen molar-refractivity contribution in [3.63, 3.8) is 0 Å². The predicted molar refractivity (Wildman–Crippen MR) is 41.6 cm³/mol. The first-order chi connectivity index (χ1) is 5.33. The number of hydrogen-bond acceptors (Lipinski definition) is 3. The number of aliphatic hydroxyl groups is 1. The Labute approximate surface area is 65.2 Å². The Balaban J connectivity index is 0.000000179. The van der Waals surface area contributed by atoms with Crippen LogP contribution >= 0.6 is 0 Å². The Morgan fingerprint density at radius 1 is 1.27 bits per heavy atom. The third-order valence-corrected chi connectivity index (χ3v) is 1.51. The minimum Gasteiger partial charge on any atom is -0.429 e. The highest BCUT2D eigenvalue weighted by Crippen LogP contribution is 2.37. The maximum absolute atomic E-state index is 8.62. The molecule has 0 atom stereocenters. The van der Waals surface area contributed by atoms with Crippen molar-refractivity contribution >= 4 is 7.69 Å². The zero-order valence-electron chi connectivity index (χ0n) is 5.86. The fraction of sp³-hybridized carbons (Fsp3) is 0.143. The molecule has 57 valence electrons. The van der Waals surface area contributed by atoms with Gasteiger partial charge in [-0.25, -0.2) is 0 Å². The van der Waals surface area contributed by atoms with Crippen LogP contribution in [0.15, 0.2) is 18.2 Å². The number of aliphatic hydroxyl groups excluding tert-OH is 1. The molecule has 0 saturated heterocycles. The van der Waals surface area contributed by atoms with Crippen LogP contribution in [-0.4, -0.2) is 22.8 Å². The van der Waals surface area contributed by atoms with E-state index >= 15 is 0 Å². The highest BCUT2D eigenvalue weighted by atomic mass is 16.4. The summed E-state index contributed by atoms with van der Waals surface area (Å²) < 4.78 is 0. The molecule has 2 aliphatic carbocycles. The van der Waals surface area contributed by atoms with Gasteiger partial charge in [-0.2, -0.15) is 0 Å². The quantitative estimate of drug-likeness (QED) is 0.488. The molecule has 0 aromatic heterocycles. The SMILES string of the molecule is OCc1ccc2cc1-2.O[B]O. The lowest BCUT2D eigenvalue weighted by Gasteiger charge is -1.82. The van der Waals surface area contributed by atoms with Gasteiger partial charge < -0.3 is 15.2 Å². The van der Waals surface area contributed by atoms with Gasteiger partial charge in [0.05, 0.1) is 6.61 Å². The largest absolute Gasteiger partial charge is 0.482 e. The van der Waals surface area contributed by atoms with Crippen molar-refractivity contribution in [2.75, 3.05) is 0 Å². The van der Waals surface area contributed by atoms with Gasteiger partial charge >= 0.3 is 7.69 Å². The highest BCUT2D eigenvalue weighted by Gasteiger charge is 2.15. The van der Waals surface area contributed by atoms with Gasteiger partial charge in [0.25, 0.3) is 0 Å². The minimum absolute atomic E-state index is 0. The van der Waals surface area contributed by atoms with Crippen LogP contribution in [0.2, 0.25) is 0 Å². The van der Waals surface area contributed by atoms with E-state index in [1.54, 1.807) is 0 Å². The lowest BCUT2D eigenvalue weighted by atomic mass is 10.3. The molecule has 4 heteroatoms. The maximum Gasteiger partial charge on any atom is 0.482 e. The van der Waals surface area contributed by atoms with Crippen LogP contribution < -0.4 is 0 Å². The minimum atomic E-state index is 0. The van der Waals surface area contributed by atoms with E-state index in [2.05, 4.69) is 6.07 Å². The monoisotopic (exact) mass is 151 g/mol. The standard InChI is InChI=1S/C7H6O.BH2O2/c8-4-6-2-1-5-3-7(5)6;2-1-3/h1-3,8H,4H2;2-3H. The van der Waals surface area contributed by atoms with Gasteiger partial charge in [-0.15, -0.1) is 0 Å². The molecule has 3 nitrogen and oxygen atoms in total. The molecule has 2 rings (SSSR count). The van der Waals surface area contributed by atoms with E-state index in [1.165, 1.54) is 11.1 Å². The molecule has 0 bridgehead atoms. The highest BCUT2D eigenvalue weighted by molar-refractivity contribution is 6.13. The second-order valence-electron chi connectivity index (χ2n) is 2.15. The molecule has 0 heterocycles. The van der Waals surface area contributed by atoms with Gasteiger partial charge in [-0.3, -0.25) is 0 Å². The molecule has 11 heavy (non-hydrogen) atoms. The third kappa shape index (κ3) is 1.80. The van der Waals surface area contributed by atoms with Crippen LogP contribution in [-0.2, 0) is 6.61 Å². The second-order valence-corrected chi connectivity index (χ2v) is 2.15. The van der Waals surface area contributed by atoms with Gasteiger partial charge in [0, 0.05) is 0 Å². The topological polar surface area (TPSA) is 60.7 Å². The summed E-state index contributed by atoms with van der Waals surface area (Å²) in [6, 6.07) is 6.07. The average Bonchev–Trinajstić information content (AvgIpc) is 2.66. The Kier molecular flexibility index (Phi) is 2.65. The van der Waals surface area contributed by atoms with Crippen LogP contribution in [0.4, 0.5) is 0 Å². The number of benzene rings is 1. The molecule has 0 fully saturated rings. The van der Waals surface area contributed by atoms with Crippen molar-refractivity contribution in [3.8, 4) is 11.1 Å². The van der Waals surface area contributed by atoms with E-state index in [0.29, 0.717) is 0 Å². The van der Waals surface area contributed by atoms with Crippen molar-refractivity contribution < 1.29 is 15.2 Å². The number of rotatable bonds is 1. The van der Waals surface area contributed by atoms with Crippen molar-refractivity contribution in [1.29, 1.82) is 0 Å². The molecular formula is C7H8BO3. The van der Waals surface area contributed by atoms with Crippen LogP contribution in [0.3, 0.4) is 0 Å². The molecule has 0 aromatic carbocycles. The molecule has 0 aliphatic heterocycles. The van der Waals surface area contributed by atoms with E-state index in [9.17, 15) is 0 Å².